The van der Waals surface area contributed by atoms with Gasteiger partial charge in [0.05, 0.1) is 6.67 Å². The third-order valence-electron chi connectivity index (χ3n) is 1.38. The number of halogens is 6. The monoisotopic (exact) mass is 566 g/mol. The van der Waals surface area contributed by atoms with E-state index >= 15 is 0 Å². The second-order valence-electron chi connectivity index (χ2n) is 2.31. The van der Waals surface area contributed by atoms with Crippen LogP contribution in [0.4, 0.5) is 0 Å². The van der Waals surface area contributed by atoms with Crippen molar-refractivity contribution in [2.75, 3.05) is 6.67 Å². The molecule has 1 aliphatic heterocycles. The van der Waals surface area contributed by atoms with Crippen molar-refractivity contribution in [1.29, 1.82) is 0 Å². The lowest BCUT2D eigenvalue weighted by molar-refractivity contribution is 0.294. The van der Waals surface area contributed by atoms with E-state index < -0.39 is 4.53 Å². The van der Waals surface area contributed by atoms with Gasteiger partial charge in [-0.15, -0.1) is 0 Å². The van der Waals surface area contributed by atoms with Gasteiger partial charge in [-0.1, -0.05) is 0 Å². The molecule has 0 aromatic carbocycles. The number of alkyl halides is 6. The van der Waals surface area contributed by atoms with E-state index in [2.05, 4.69) is 95.6 Å². The van der Waals surface area contributed by atoms with E-state index in [1.165, 1.54) is 0 Å². The van der Waals surface area contributed by atoms with E-state index in [9.17, 15) is 0 Å². The SMILES string of the molecule is BrC(Br)(Br)N1C=CN(C(Br)(Br)Br)C1. The van der Waals surface area contributed by atoms with Gasteiger partial charge in [-0.2, -0.15) is 0 Å². The first-order valence-electron chi connectivity index (χ1n) is 3.06. The molecule has 1 aliphatic rings. The summed E-state index contributed by atoms with van der Waals surface area (Å²) in [5, 5.41) is 0. The fraction of sp³-hybridized carbons (Fsp3) is 0.600. The van der Waals surface area contributed by atoms with E-state index in [1.54, 1.807) is 0 Å². The van der Waals surface area contributed by atoms with E-state index in [4.69, 9.17) is 0 Å². The highest BCUT2D eigenvalue weighted by molar-refractivity contribution is 9.39. The molecule has 0 saturated heterocycles. The Balaban J connectivity index is 2.63. The predicted octanol–water partition coefficient (Wildman–Crippen LogP) is 4.62. The van der Waals surface area contributed by atoms with Crippen LogP contribution in [0.1, 0.15) is 0 Å². The molecule has 1 heterocycles. The second-order valence-corrected chi connectivity index (χ2v) is 15.6. The minimum absolute atomic E-state index is 0.392. The van der Waals surface area contributed by atoms with Crippen LogP contribution in [0.5, 0.6) is 0 Å². The van der Waals surface area contributed by atoms with Gasteiger partial charge < -0.3 is 9.80 Å². The summed E-state index contributed by atoms with van der Waals surface area (Å²) in [6.07, 6.45) is 3.91. The Hall–Kier alpha value is 2.22. The molecule has 0 amide bonds. The molecule has 0 atom stereocenters. The van der Waals surface area contributed by atoms with Gasteiger partial charge >= 0.3 is 0 Å². The van der Waals surface area contributed by atoms with Crippen molar-refractivity contribution in [1.82, 2.24) is 9.80 Å². The molecule has 0 aromatic rings. The molecule has 8 heteroatoms. The van der Waals surface area contributed by atoms with Gasteiger partial charge in [-0.25, -0.2) is 0 Å². The average molecular weight is 572 g/mol. The summed E-state index contributed by atoms with van der Waals surface area (Å²) >= 11 is 20.6. The van der Waals surface area contributed by atoms with Gasteiger partial charge in [0.15, 0.2) is 0 Å². The van der Waals surface area contributed by atoms with Crippen LogP contribution in [0.2, 0.25) is 0 Å². The fourth-order valence-electron chi connectivity index (χ4n) is 0.749. The van der Waals surface area contributed by atoms with E-state index in [0.29, 0.717) is 0 Å². The van der Waals surface area contributed by atoms with Gasteiger partial charge in [-0.3, -0.25) is 0 Å². The molecule has 2 nitrogen and oxygen atoms in total. The number of rotatable bonds is 0. The van der Waals surface area contributed by atoms with Crippen LogP contribution in [-0.2, 0) is 0 Å². The molecule has 0 fully saturated rings. The average Bonchev–Trinajstić information content (AvgIpc) is 2.28. The highest BCUT2D eigenvalue weighted by atomic mass is 80.0. The molecule has 13 heavy (non-hydrogen) atoms. The summed E-state index contributed by atoms with van der Waals surface area (Å²) in [5.41, 5.74) is 0. The molecule has 0 aliphatic carbocycles. The maximum atomic E-state index is 3.44. The van der Waals surface area contributed by atoms with Crippen LogP contribution < -0.4 is 0 Å². The quantitative estimate of drug-likeness (QED) is 0.309. The van der Waals surface area contributed by atoms with Crippen molar-refractivity contribution >= 4 is 95.6 Å². The molecular weight excluding hydrogens is 567 g/mol. The van der Waals surface area contributed by atoms with Crippen molar-refractivity contribution < 1.29 is 0 Å². The van der Waals surface area contributed by atoms with Gasteiger partial charge in [-0.05, 0) is 95.6 Å². The first-order chi connectivity index (χ1) is 5.71. The Labute approximate surface area is 127 Å². The summed E-state index contributed by atoms with van der Waals surface area (Å²) in [5.74, 6) is 0. The standard InChI is InChI=1S/C5H4Br6N2/c6-4(7,8)12-1-2-13(3-12)5(9,10)11/h1-2H,3H2. The van der Waals surface area contributed by atoms with E-state index in [-0.39, 0.29) is 0 Å². The van der Waals surface area contributed by atoms with Gasteiger partial charge in [0.2, 0.25) is 4.53 Å². The number of nitrogens with zero attached hydrogens (tertiary/aromatic N) is 2. The number of hydrogen-bond donors (Lipinski definition) is 0. The Morgan fingerprint density at radius 1 is 0.769 bits per heavy atom. The largest absolute Gasteiger partial charge is 0.326 e. The Morgan fingerprint density at radius 3 is 1.23 bits per heavy atom. The van der Waals surface area contributed by atoms with Gasteiger partial charge in [0, 0.05) is 12.4 Å². The molecule has 76 valence electrons. The minimum Gasteiger partial charge on any atom is -0.326 e. The normalized spacial score (nSPS) is 18.6. The molecule has 1 rings (SSSR count). The van der Waals surface area contributed by atoms with E-state index in [1.807, 2.05) is 22.2 Å². The maximum Gasteiger partial charge on any atom is 0.208 e. The number of hydrogen-bond acceptors (Lipinski definition) is 2. The molecule has 0 bridgehead atoms. The zero-order valence-electron chi connectivity index (χ0n) is 6.02. The maximum absolute atomic E-state index is 3.44. The summed E-state index contributed by atoms with van der Waals surface area (Å²) in [6.45, 7) is 0.726. The third-order valence-corrected chi connectivity index (χ3v) is 4.12. The molecule has 0 saturated carbocycles. The first kappa shape index (κ1) is 13.3. The van der Waals surface area contributed by atoms with Gasteiger partial charge in [0.25, 0.3) is 0 Å². The molecule has 0 unspecified atom stereocenters. The second kappa shape index (κ2) is 4.61. The van der Waals surface area contributed by atoms with Crippen LogP contribution in [0.3, 0.4) is 0 Å². The molecular formula is C5H4Br6N2. The minimum atomic E-state index is -0.392. The van der Waals surface area contributed by atoms with Crippen LogP contribution in [0, 0.1) is 0 Å². The van der Waals surface area contributed by atoms with Crippen LogP contribution in [-0.4, -0.2) is 21.0 Å². The topological polar surface area (TPSA) is 6.48 Å². The highest BCUT2D eigenvalue weighted by Crippen LogP contribution is 2.44. The predicted molar refractivity (Wildman–Crippen MR) is 76.7 cm³/mol. The summed E-state index contributed by atoms with van der Waals surface area (Å²) < 4.78 is -0.785. The van der Waals surface area contributed by atoms with Crippen LogP contribution in [0.15, 0.2) is 12.4 Å². The first-order valence-corrected chi connectivity index (χ1v) is 7.82. The molecule has 0 N–H and O–H groups in total. The summed E-state index contributed by atoms with van der Waals surface area (Å²) in [7, 11) is 0. The van der Waals surface area contributed by atoms with Crippen molar-refractivity contribution in [2.24, 2.45) is 0 Å². The van der Waals surface area contributed by atoms with Crippen molar-refractivity contribution in [3.05, 3.63) is 12.4 Å². The fourth-order valence-corrected chi connectivity index (χ4v) is 2.13. The smallest absolute Gasteiger partial charge is 0.208 e. The summed E-state index contributed by atoms with van der Waals surface area (Å²) in [6, 6.07) is 0. The van der Waals surface area contributed by atoms with Crippen molar-refractivity contribution in [2.45, 2.75) is 4.53 Å². The van der Waals surface area contributed by atoms with Crippen molar-refractivity contribution in [3.8, 4) is 0 Å². The molecule has 0 spiro atoms. The lowest BCUT2D eigenvalue weighted by Crippen LogP contribution is -2.37. The van der Waals surface area contributed by atoms with Crippen LogP contribution in [0.25, 0.3) is 0 Å². The molecule has 0 radical (unpaired) electrons. The Bertz CT molecular complexity index is 194. The van der Waals surface area contributed by atoms with Gasteiger partial charge in [0.1, 0.15) is 0 Å². The third kappa shape index (κ3) is 3.94. The van der Waals surface area contributed by atoms with E-state index in [0.717, 1.165) is 6.67 Å². The Morgan fingerprint density at radius 2 is 1.08 bits per heavy atom. The molecule has 0 aromatic heterocycles. The Kier molecular flexibility index (Phi) is 4.71. The lowest BCUT2D eigenvalue weighted by atomic mass is 10.9. The highest BCUT2D eigenvalue weighted by Gasteiger charge is 2.35. The zero-order valence-corrected chi connectivity index (χ0v) is 15.5. The summed E-state index contributed by atoms with van der Waals surface area (Å²) in [4.78, 5) is 4.04. The lowest BCUT2D eigenvalue weighted by Gasteiger charge is -2.31. The van der Waals surface area contributed by atoms with Crippen LogP contribution >= 0.6 is 95.6 Å². The zero-order chi connectivity index (χ0) is 10.3. The van der Waals surface area contributed by atoms with Crippen molar-refractivity contribution in [3.63, 3.8) is 0 Å².